The van der Waals surface area contributed by atoms with E-state index in [1.165, 1.54) is 6.08 Å². The number of carboxylic acid groups (broad SMARTS) is 1. The first-order valence-electron chi connectivity index (χ1n) is 6.90. The van der Waals surface area contributed by atoms with Gasteiger partial charge in [0.15, 0.2) is 6.04 Å². The Morgan fingerprint density at radius 1 is 1.36 bits per heavy atom. The molecule has 0 radical (unpaired) electrons. The van der Waals surface area contributed by atoms with Gasteiger partial charge < -0.3 is 19.9 Å². The molecule has 0 aliphatic heterocycles. The largest absolute Gasteiger partial charge is 0.497 e. The molecule has 6 nitrogen and oxygen atoms in total. The van der Waals surface area contributed by atoms with Crippen LogP contribution in [0.2, 0.25) is 0 Å². The van der Waals surface area contributed by atoms with Crippen molar-refractivity contribution in [3.05, 3.63) is 42.5 Å². The van der Waals surface area contributed by atoms with Crippen LogP contribution in [0, 0.1) is 0 Å². The summed E-state index contributed by atoms with van der Waals surface area (Å²) in [5.41, 5.74) is 0.978. The van der Waals surface area contributed by atoms with Crippen LogP contribution >= 0.6 is 0 Å². The van der Waals surface area contributed by atoms with Gasteiger partial charge in [-0.3, -0.25) is 4.79 Å². The minimum absolute atomic E-state index is 0.0877. The van der Waals surface area contributed by atoms with Crippen molar-refractivity contribution in [3.8, 4) is 5.75 Å². The van der Waals surface area contributed by atoms with Gasteiger partial charge in [-0.05, 0) is 24.1 Å². The molecule has 0 saturated heterocycles. The first-order valence-corrected chi connectivity index (χ1v) is 6.90. The van der Waals surface area contributed by atoms with Crippen molar-refractivity contribution >= 4 is 11.9 Å². The number of rotatable bonds is 10. The predicted molar refractivity (Wildman–Crippen MR) is 81.9 cm³/mol. The molecule has 0 spiro atoms. The molecule has 22 heavy (non-hydrogen) atoms. The molecule has 6 heteroatoms. The molecule has 0 saturated carbocycles. The van der Waals surface area contributed by atoms with Crippen LogP contribution in [-0.2, 0) is 20.7 Å². The van der Waals surface area contributed by atoms with Crippen molar-refractivity contribution in [3.63, 3.8) is 0 Å². The number of aryl methyl sites for hydroxylation is 1. The zero-order chi connectivity index (χ0) is 16.4. The van der Waals surface area contributed by atoms with Crippen molar-refractivity contribution in [2.45, 2.75) is 18.9 Å². The van der Waals surface area contributed by atoms with Crippen LogP contribution in [-0.4, -0.2) is 43.3 Å². The number of carbonyl (C=O) groups excluding carboxylic acids is 1. The van der Waals surface area contributed by atoms with Gasteiger partial charge in [-0.25, -0.2) is 4.79 Å². The lowest BCUT2D eigenvalue weighted by atomic mass is 10.1. The molecule has 0 aliphatic carbocycles. The first kappa shape index (κ1) is 17.7. The van der Waals surface area contributed by atoms with Gasteiger partial charge in [0.2, 0.25) is 5.91 Å². The SMILES string of the molecule is C=CCOCC(NC(=O)CCc1ccc(OC)cc1)C(=O)O. The Hall–Kier alpha value is -2.34. The van der Waals surface area contributed by atoms with Crippen LogP contribution < -0.4 is 10.1 Å². The van der Waals surface area contributed by atoms with Crippen molar-refractivity contribution in [1.29, 1.82) is 0 Å². The minimum Gasteiger partial charge on any atom is -0.497 e. The predicted octanol–water partition coefficient (Wildman–Crippen LogP) is 1.40. The molecule has 0 aromatic heterocycles. The number of ether oxygens (including phenoxy) is 2. The molecule has 0 bridgehead atoms. The van der Waals surface area contributed by atoms with E-state index < -0.39 is 12.0 Å². The third-order valence-electron chi connectivity index (χ3n) is 2.95. The van der Waals surface area contributed by atoms with Gasteiger partial charge in [-0.15, -0.1) is 6.58 Å². The molecule has 1 aromatic carbocycles. The van der Waals surface area contributed by atoms with Crippen molar-refractivity contribution in [1.82, 2.24) is 5.32 Å². The third-order valence-corrected chi connectivity index (χ3v) is 2.95. The van der Waals surface area contributed by atoms with Crippen LogP contribution in [0.25, 0.3) is 0 Å². The van der Waals surface area contributed by atoms with E-state index in [0.29, 0.717) is 6.42 Å². The lowest BCUT2D eigenvalue weighted by Crippen LogP contribution is -2.44. The summed E-state index contributed by atoms with van der Waals surface area (Å²) >= 11 is 0. The van der Waals surface area contributed by atoms with Gasteiger partial charge in [-0.1, -0.05) is 18.2 Å². The van der Waals surface area contributed by atoms with E-state index in [9.17, 15) is 9.59 Å². The molecular weight excluding hydrogens is 286 g/mol. The molecule has 1 unspecified atom stereocenters. The van der Waals surface area contributed by atoms with Crippen molar-refractivity contribution < 1.29 is 24.2 Å². The quantitative estimate of drug-likeness (QED) is 0.504. The van der Waals surface area contributed by atoms with E-state index in [1.54, 1.807) is 7.11 Å². The highest BCUT2D eigenvalue weighted by Crippen LogP contribution is 2.12. The van der Waals surface area contributed by atoms with E-state index in [4.69, 9.17) is 14.6 Å². The van der Waals surface area contributed by atoms with Crippen LogP contribution in [0.1, 0.15) is 12.0 Å². The summed E-state index contributed by atoms with van der Waals surface area (Å²) in [7, 11) is 1.59. The Kier molecular flexibility index (Phi) is 7.70. The molecule has 2 N–H and O–H groups in total. The number of carbonyl (C=O) groups is 2. The highest BCUT2D eigenvalue weighted by Gasteiger charge is 2.19. The second-order valence-electron chi connectivity index (χ2n) is 4.63. The molecule has 1 rings (SSSR count). The minimum atomic E-state index is -1.12. The number of nitrogens with one attached hydrogen (secondary N) is 1. The Morgan fingerprint density at radius 3 is 2.59 bits per heavy atom. The average Bonchev–Trinajstić information content (AvgIpc) is 2.52. The monoisotopic (exact) mass is 307 g/mol. The molecule has 1 aromatic rings. The molecule has 0 fully saturated rings. The van der Waals surface area contributed by atoms with Crippen LogP contribution in [0.4, 0.5) is 0 Å². The van der Waals surface area contributed by atoms with E-state index >= 15 is 0 Å². The Bertz CT molecular complexity index is 498. The van der Waals surface area contributed by atoms with Gasteiger partial charge in [0.1, 0.15) is 5.75 Å². The van der Waals surface area contributed by atoms with Gasteiger partial charge in [0, 0.05) is 6.42 Å². The van der Waals surface area contributed by atoms with Crippen LogP contribution in [0.5, 0.6) is 5.75 Å². The Labute approximate surface area is 129 Å². The number of amides is 1. The number of carboxylic acids is 1. The summed E-state index contributed by atoms with van der Waals surface area (Å²) in [6.45, 7) is 3.62. The van der Waals surface area contributed by atoms with Gasteiger partial charge in [0.25, 0.3) is 0 Å². The highest BCUT2D eigenvalue weighted by atomic mass is 16.5. The first-order chi connectivity index (χ1) is 10.6. The third kappa shape index (κ3) is 6.41. The summed E-state index contributed by atoms with van der Waals surface area (Å²) in [6, 6.07) is 6.32. The molecular formula is C16H21NO5. The lowest BCUT2D eigenvalue weighted by molar-refractivity contribution is -0.143. The molecule has 120 valence electrons. The standard InChI is InChI=1S/C16H21NO5/c1-3-10-22-11-14(16(19)20)17-15(18)9-6-12-4-7-13(21-2)8-5-12/h3-5,7-8,14H,1,6,9-11H2,2H3,(H,17,18)(H,19,20). The Morgan fingerprint density at radius 2 is 2.05 bits per heavy atom. The van der Waals surface area contributed by atoms with Crippen LogP contribution in [0.3, 0.4) is 0 Å². The maximum atomic E-state index is 11.8. The number of hydrogen-bond donors (Lipinski definition) is 2. The normalized spacial score (nSPS) is 11.5. The van der Waals surface area contributed by atoms with Gasteiger partial charge in [0.05, 0.1) is 20.3 Å². The Balaban J connectivity index is 2.42. The second kappa shape index (κ2) is 9.57. The second-order valence-corrected chi connectivity index (χ2v) is 4.63. The zero-order valence-electron chi connectivity index (χ0n) is 12.6. The number of aliphatic carboxylic acids is 1. The van der Waals surface area contributed by atoms with E-state index in [2.05, 4.69) is 11.9 Å². The van der Waals surface area contributed by atoms with Crippen molar-refractivity contribution in [2.75, 3.05) is 20.3 Å². The summed E-state index contributed by atoms with van der Waals surface area (Å²) in [4.78, 5) is 22.9. The number of methoxy groups -OCH3 is 1. The molecule has 1 amide bonds. The van der Waals surface area contributed by atoms with Gasteiger partial charge in [-0.2, -0.15) is 0 Å². The highest BCUT2D eigenvalue weighted by molar-refractivity contribution is 5.83. The zero-order valence-corrected chi connectivity index (χ0v) is 12.6. The maximum absolute atomic E-state index is 11.8. The fourth-order valence-electron chi connectivity index (χ4n) is 1.76. The van der Waals surface area contributed by atoms with Crippen LogP contribution in [0.15, 0.2) is 36.9 Å². The summed E-state index contributed by atoms with van der Waals surface area (Å²) in [5.74, 6) is -0.703. The molecule has 0 aliphatic rings. The number of hydrogen-bond acceptors (Lipinski definition) is 4. The fraction of sp³-hybridized carbons (Fsp3) is 0.375. The summed E-state index contributed by atoms with van der Waals surface area (Å²) in [5, 5.41) is 11.5. The topological polar surface area (TPSA) is 84.9 Å². The maximum Gasteiger partial charge on any atom is 0.328 e. The average molecular weight is 307 g/mol. The lowest BCUT2D eigenvalue weighted by Gasteiger charge is -2.14. The van der Waals surface area contributed by atoms with E-state index in [-0.39, 0.29) is 25.5 Å². The number of benzene rings is 1. The fourth-order valence-corrected chi connectivity index (χ4v) is 1.76. The van der Waals surface area contributed by atoms with E-state index in [0.717, 1.165) is 11.3 Å². The summed E-state index contributed by atoms with van der Waals surface area (Å²) < 4.78 is 10.1. The molecule has 0 heterocycles. The molecule has 1 atom stereocenters. The van der Waals surface area contributed by atoms with E-state index in [1.807, 2.05) is 24.3 Å². The van der Waals surface area contributed by atoms with Crippen molar-refractivity contribution in [2.24, 2.45) is 0 Å². The van der Waals surface area contributed by atoms with Gasteiger partial charge >= 0.3 is 5.97 Å². The summed E-state index contributed by atoms with van der Waals surface area (Å²) in [6.07, 6.45) is 2.25. The smallest absolute Gasteiger partial charge is 0.328 e.